The highest BCUT2D eigenvalue weighted by molar-refractivity contribution is 7.07. The molecule has 5 nitrogen and oxygen atoms in total. The van der Waals surface area contributed by atoms with Crippen molar-refractivity contribution < 1.29 is 9.90 Å². The van der Waals surface area contributed by atoms with Crippen LogP contribution in [0.5, 0.6) is 0 Å². The van der Waals surface area contributed by atoms with Crippen LogP contribution in [0.1, 0.15) is 37.1 Å². The fourth-order valence-electron chi connectivity index (χ4n) is 2.44. The zero-order valence-corrected chi connectivity index (χ0v) is 14.2. The van der Waals surface area contributed by atoms with E-state index in [1.54, 1.807) is 9.95 Å². The van der Waals surface area contributed by atoms with Crippen LogP contribution in [-0.2, 0) is 11.3 Å². The maximum Gasteiger partial charge on any atom is 0.307 e. The molecular weight excluding hydrogens is 312 g/mol. The van der Waals surface area contributed by atoms with Gasteiger partial charge in [-0.15, -0.1) is 0 Å². The Hall–Kier alpha value is -1.92. The third-order valence-electron chi connectivity index (χ3n) is 3.71. The van der Waals surface area contributed by atoms with E-state index in [0.717, 1.165) is 22.6 Å². The smallest absolute Gasteiger partial charge is 0.307 e. The minimum Gasteiger partial charge on any atom is -0.388 e. The first-order valence-corrected chi connectivity index (χ1v) is 8.52. The molecule has 1 aromatic carbocycles. The maximum absolute atomic E-state index is 12.0. The molecule has 0 aliphatic rings. The molecule has 2 rings (SSSR count). The number of aliphatic hydroxyl groups excluding tert-OH is 1. The van der Waals surface area contributed by atoms with Crippen LogP contribution in [-0.4, -0.2) is 21.6 Å². The minimum atomic E-state index is -0.603. The first-order valence-electron chi connectivity index (χ1n) is 7.64. The summed E-state index contributed by atoms with van der Waals surface area (Å²) in [7, 11) is 0. The summed E-state index contributed by atoms with van der Waals surface area (Å²) in [4.78, 5) is 23.5. The number of aryl methyl sites for hydroxylation is 1. The molecule has 2 N–H and O–H groups in total. The van der Waals surface area contributed by atoms with Crippen LogP contribution >= 0.6 is 11.3 Å². The van der Waals surface area contributed by atoms with E-state index in [2.05, 4.69) is 5.32 Å². The molecule has 0 fully saturated rings. The Morgan fingerprint density at radius 3 is 2.65 bits per heavy atom. The third kappa shape index (κ3) is 5.04. The Balaban J connectivity index is 1.80. The van der Waals surface area contributed by atoms with Gasteiger partial charge in [0.15, 0.2) is 0 Å². The van der Waals surface area contributed by atoms with Gasteiger partial charge < -0.3 is 15.0 Å². The maximum atomic E-state index is 12.0. The first-order chi connectivity index (χ1) is 11.0. The van der Waals surface area contributed by atoms with E-state index in [1.165, 1.54) is 0 Å². The second kappa shape index (κ2) is 8.08. The Morgan fingerprint density at radius 2 is 2.04 bits per heavy atom. The van der Waals surface area contributed by atoms with Gasteiger partial charge in [0.1, 0.15) is 0 Å². The quantitative estimate of drug-likeness (QED) is 0.816. The largest absolute Gasteiger partial charge is 0.388 e. The number of amides is 1. The van der Waals surface area contributed by atoms with E-state index in [0.29, 0.717) is 13.0 Å². The summed E-state index contributed by atoms with van der Waals surface area (Å²) in [6.07, 6.45) is 0.101. The minimum absolute atomic E-state index is 0.0390. The average Bonchev–Trinajstić information content (AvgIpc) is 2.84. The van der Waals surface area contributed by atoms with Crippen LogP contribution in [0.3, 0.4) is 0 Å². The number of aliphatic hydroxyl groups is 1. The van der Waals surface area contributed by atoms with Crippen molar-refractivity contribution in [1.29, 1.82) is 0 Å². The SMILES string of the molecule is Cc1csc(=O)n1CCC(=O)NC(C)CC(O)c1ccccc1. The van der Waals surface area contributed by atoms with Crippen molar-refractivity contribution in [3.63, 3.8) is 0 Å². The molecule has 124 valence electrons. The van der Waals surface area contributed by atoms with Crippen molar-refractivity contribution in [3.05, 3.63) is 56.6 Å². The lowest BCUT2D eigenvalue weighted by atomic mass is 10.0. The summed E-state index contributed by atoms with van der Waals surface area (Å²) in [5.41, 5.74) is 1.72. The molecule has 2 atom stereocenters. The predicted molar refractivity (Wildman–Crippen MR) is 91.6 cm³/mol. The molecule has 23 heavy (non-hydrogen) atoms. The Labute approximate surface area is 139 Å². The predicted octanol–water partition coefficient (Wildman–Crippen LogP) is 2.24. The number of hydrogen-bond donors (Lipinski definition) is 2. The topological polar surface area (TPSA) is 71.3 Å². The Bertz CT molecular complexity index is 693. The number of rotatable bonds is 7. The van der Waals surface area contributed by atoms with E-state index in [1.807, 2.05) is 44.2 Å². The highest BCUT2D eigenvalue weighted by Gasteiger charge is 2.14. The zero-order valence-electron chi connectivity index (χ0n) is 13.4. The van der Waals surface area contributed by atoms with Gasteiger partial charge >= 0.3 is 4.87 Å². The van der Waals surface area contributed by atoms with Crippen molar-refractivity contribution in [3.8, 4) is 0 Å². The number of carbonyl (C=O) groups is 1. The zero-order chi connectivity index (χ0) is 16.8. The fraction of sp³-hybridized carbons (Fsp3) is 0.412. The molecule has 0 aliphatic carbocycles. The highest BCUT2D eigenvalue weighted by Crippen LogP contribution is 2.17. The summed E-state index contributed by atoms with van der Waals surface area (Å²) in [6, 6.07) is 9.25. The first kappa shape index (κ1) is 17.4. The molecule has 1 heterocycles. The van der Waals surface area contributed by atoms with Gasteiger partial charge in [-0.1, -0.05) is 41.7 Å². The summed E-state index contributed by atoms with van der Waals surface area (Å²) < 4.78 is 1.60. The van der Waals surface area contributed by atoms with Crippen LogP contribution in [0.15, 0.2) is 40.5 Å². The van der Waals surface area contributed by atoms with Gasteiger partial charge in [0.2, 0.25) is 5.91 Å². The van der Waals surface area contributed by atoms with Crippen LogP contribution in [0.4, 0.5) is 0 Å². The number of thiazole rings is 1. The second-order valence-electron chi connectivity index (χ2n) is 5.68. The van der Waals surface area contributed by atoms with Gasteiger partial charge in [-0.05, 0) is 25.8 Å². The van der Waals surface area contributed by atoms with Gasteiger partial charge in [-0.25, -0.2) is 0 Å². The number of nitrogens with zero attached hydrogens (tertiary/aromatic N) is 1. The second-order valence-corrected chi connectivity index (χ2v) is 6.50. The van der Waals surface area contributed by atoms with Gasteiger partial charge in [-0.3, -0.25) is 9.59 Å². The van der Waals surface area contributed by atoms with E-state index in [4.69, 9.17) is 0 Å². The van der Waals surface area contributed by atoms with Gasteiger partial charge in [0.05, 0.1) is 6.10 Å². The molecule has 0 spiro atoms. The molecule has 1 aromatic heterocycles. The van der Waals surface area contributed by atoms with Gasteiger partial charge in [-0.2, -0.15) is 0 Å². The van der Waals surface area contributed by atoms with Crippen LogP contribution < -0.4 is 10.2 Å². The van der Waals surface area contributed by atoms with Crippen molar-refractivity contribution in [2.75, 3.05) is 0 Å². The third-order valence-corrected chi connectivity index (χ3v) is 4.59. The van der Waals surface area contributed by atoms with Gasteiger partial charge in [0, 0.05) is 30.1 Å². The molecule has 1 amide bonds. The Morgan fingerprint density at radius 1 is 1.35 bits per heavy atom. The molecule has 2 unspecified atom stereocenters. The van der Waals surface area contributed by atoms with E-state index < -0.39 is 6.10 Å². The van der Waals surface area contributed by atoms with E-state index >= 15 is 0 Å². The highest BCUT2D eigenvalue weighted by atomic mass is 32.1. The van der Waals surface area contributed by atoms with E-state index in [-0.39, 0.29) is 23.2 Å². The molecule has 0 saturated carbocycles. The normalized spacial score (nSPS) is 13.5. The average molecular weight is 334 g/mol. The Kier molecular flexibility index (Phi) is 6.12. The summed E-state index contributed by atoms with van der Waals surface area (Å²) >= 11 is 1.15. The molecule has 0 bridgehead atoms. The molecule has 0 radical (unpaired) electrons. The molecular formula is C17H22N2O3S. The van der Waals surface area contributed by atoms with Gasteiger partial charge in [0.25, 0.3) is 0 Å². The molecule has 2 aromatic rings. The number of nitrogens with one attached hydrogen (secondary N) is 1. The van der Waals surface area contributed by atoms with Crippen molar-refractivity contribution >= 4 is 17.2 Å². The lowest BCUT2D eigenvalue weighted by Gasteiger charge is -2.18. The van der Waals surface area contributed by atoms with Crippen molar-refractivity contribution in [2.45, 2.75) is 45.4 Å². The summed E-state index contributed by atoms with van der Waals surface area (Å²) in [5.74, 6) is -0.115. The monoisotopic (exact) mass is 334 g/mol. The van der Waals surface area contributed by atoms with Crippen molar-refractivity contribution in [1.82, 2.24) is 9.88 Å². The van der Waals surface area contributed by atoms with Crippen LogP contribution in [0, 0.1) is 6.92 Å². The van der Waals surface area contributed by atoms with Crippen LogP contribution in [0.25, 0.3) is 0 Å². The number of aromatic nitrogens is 1. The molecule has 0 saturated heterocycles. The van der Waals surface area contributed by atoms with Crippen LogP contribution in [0.2, 0.25) is 0 Å². The standard InChI is InChI=1S/C17H22N2O3S/c1-12(10-15(20)14-6-4-3-5-7-14)18-16(21)8-9-19-13(2)11-23-17(19)22/h3-7,11-12,15,20H,8-10H2,1-2H3,(H,18,21). The lowest BCUT2D eigenvalue weighted by molar-refractivity contribution is -0.122. The number of hydrogen-bond acceptors (Lipinski definition) is 4. The van der Waals surface area contributed by atoms with Crippen molar-refractivity contribution in [2.24, 2.45) is 0 Å². The number of carbonyl (C=O) groups excluding carboxylic acids is 1. The summed E-state index contributed by atoms with van der Waals surface area (Å²) in [6.45, 7) is 4.11. The molecule has 6 heteroatoms. The molecule has 0 aliphatic heterocycles. The number of benzene rings is 1. The summed E-state index contributed by atoms with van der Waals surface area (Å²) in [5, 5.41) is 14.8. The van der Waals surface area contributed by atoms with E-state index in [9.17, 15) is 14.7 Å². The lowest BCUT2D eigenvalue weighted by Crippen LogP contribution is -2.34. The fourth-order valence-corrected chi connectivity index (χ4v) is 3.20.